The summed E-state index contributed by atoms with van der Waals surface area (Å²) in [6.07, 6.45) is 0. The summed E-state index contributed by atoms with van der Waals surface area (Å²) in [6, 6.07) is 19.0. The molecule has 2 aromatic carbocycles. The highest BCUT2D eigenvalue weighted by molar-refractivity contribution is 9.10. The van der Waals surface area contributed by atoms with E-state index in [4.69, 9.17) is 14.5 Å². The van der Waals surface area contributed by atoms with Crippen molar-refractivity contribution >= 4 is 26.8 Å². The van der Waals surface area contributed by atoms with E-state index < -0.39 is 0 Å². The van der Waals surface area contributed by atoms with Gasteiger partial charge in [-0.25, -0.2) is 4.98 Å². The van der Waals surface area contributed by atoms with Crippen molar-refractivity contribution in [1.82, 2.24) is 9.88 Å². The second-order valence-electron chi connectivity index (χ2n) is 6.39. The molecular formula is C21H21BrN2O2. The molecule has 4 rings (SSSR count). The first kappa shape index (κ1) is 17.5. The van der Waals surface area contributed by atoms with Crippen LogP contribution in [-0.4, -0.2) is 43.3 Å². The number of fused-ring (bicyclic) bond motifs is 1. The SMILES string of the molecule is COc1nc2ccc(Br)cc2cc1C(c1ccccc1)N1CCOCC1. The van der Waals surface area contributed by atoms with Crippen molar-refractivity contribution in [2.75, 3.05) is 33.4 Å². The third kappa shape index (κ3) is 3.47. The number of hydrogen-bond donors (Lipinski definition) is 0. The van der Waals surface area contributed by atoms with Crippen LogP contribution in [0.1, 0.15) is 17.2 Å². The molecule has 1 aliphatic rings. The van der Waals surface area contributed by atoms with Gasteiger partial charge in [-0.05, 0) is 29.8 Å². The maximum Gasteiger partial charge on any atom is 0.218 e. The van der Waals surface area contributed by atoms with Crippen LogP contribution in [0.2, 0.25) is 0 Å². The molecule has 5 heteroatoms. The zero-order valence-corrected chi connectivity index (χ0v) is 16.3. The van der Waals surface area contributed by atoms with Crippen LogP contribution in [0.3, 0.4) is 0 Å². The monoisotopic (exact) mass is 412 g/mol. The molecule has 1 fully saturated rings. The molecule has 26 heavy (non-hydrogen) atoms. The maximum atomic E-state index is 5.70. The molecule has 0 N–H and O–H groups in total. The molecule has 1 aromatic heterocycles. The minimum atomic E-state index is 0.0888. The Balaban J connectivity index is 1.88. The lowest BCUT2D eigenvalue weighted by Crippen LogP contribution is -2.39. The van der Waals surface area contributed by atoms with Crippen LogP contribution in [0.25, 0.3) is 10.9 Å². The van der Waals surface area contributed by atoms with Gasteiger partial charge in [-0.2, -0.15) is 0 Å². The van der Waals surface area contributed by atoms with E-state index in [0.29, 0.717) is 5.88 Å². The van der Waals surface area contributed by atoms with Gasteiger partial charge in [0.15, 0.2) is 0 Å². The predicted molar refractivity (Wildman–Crippen MR) is 107 cm³/mol. The molecule has 0 amide bonds. The highest BCUT2D eigenvalue weighted by Crippen LogP contribution is 2.36. The van der Waals surface area contributed by atoms with Crippen molar-refractivity contribution in [2.24, 2.45) is 0 Å². The molecule has 1 saturated heterocycles. The average Bonchev–Trinajstić information content (AvgIpc) is 2.69. The predicted octanol–water partition coefficient (Wildman–Crippen LogP) is 4.43. The van der Waals surface area contributed by atoms with E-state index in [2.05, 4.69) is 57.2 Å². The van der Waals surface area contributed by atoms with Crippen LogP contribution in [0.4, 0.5) is 0 Å². The van der Waals surface area contributed by atoms with Gasteiger partial charge in [0.05, 0.1) is 31.9 Å². The lowest BCUT2D eigenvalue weighted by molar-refractivity contribution is 0.0235. The molecular weight excluding hydrogens is 392 g/mol. The van der Waals surface area contributed by atoms with Crippen LogP contribution in [0.5, 0.6) is 5.88 Å². The fourth-order valence-electron chi connectivity index (χ4n) is 3.56. The van der Waals surface area contributed by atoms with Gasteiger partial charge in [-0.1, -0.05) is 46.3 Å². The fraction of sp³-hybridized carbons (Fsp3) is 0.286. The molecule has 1 aliphatic heterocycles. The smallest absolute Gasteiger partial charge is 0.218 e. The van der Waals surface area contributed by atoms with Gasteiger partial charge in [0.2, 0.25) is 5.88 Å². The van der Waals surface area contributed by atoms with Crippen molar-refractivity contribution in [3.05, 3.63) is 70.2 Å². The second-order valence-corrected chi connectivity index (χ2v) is 7.30. The van der Waals surface area contributed by atoms with E-state index in [1.807, 2.05) is 18.2 Å². The number of benzene rings is 2. The third-order valence-corrected chi connectivity index (χ3v) is 5.28. The lowest BCUT2D eigenvalue weighted by Gasteiger charge is -2.35. The molecule has 0 bridgehead atoms. The molecule has 0 radical (unpaired) electrons. The summed E-state index contributed by atoms with van der Waals surface area (Å²) in [5.41, 5.74) is 3.26. The van der Waals surface area contributed by atoms with Crippen LogP contribution in [-0.2, 0) is 4.74 Å². The molecule has 0 saturated carbocycles. The molecule has 1 unspecified atom stereocenters. The molecule has 4 nitrogen and oxygen atoms in total. The van der Waals surface area contributed by atoms with Crippen LogP contribution in [0, 0.1) is 0 Å². The topological polar surface area (TPSA) is 34.6 Å². The van der Waals surface area contributed by atoms with Gasteiger partial charge in [-0.15, -0.1) is 0 Å². The van der Waals surface area contributed by atoms with E-state index in [-0.39, 0.29) is 6.04 Å². The van der Waals surface area contributed by atoms with E-state index in [0.717, 1.165) is 47.2 Å². The first-order chi connectivity index (χ1) is 12.8. The van der Waals surface area contributed by atoms with Crippen LogP contribution < -0.4 is 4.74 Å². The normalized spacial score (nSPS) is 16.5. The van der Waals surface area contributed by atoms with Crippen molar-refractivity contribution < 1.29 is 9.47 Å². The molecule has 1 atom stereocenters. The Bertz CT molecular complexity index is 895. The Morgan fingerprint density at radius 2 is 1.85 bits per heavy atom. The van der Waals surface area contributed by atoms with Gasteiger partial charge in [0.1, 0.15) is 0 Å². The largest absolute Gasteiger partial charge is 0.481 e. The quantitative estimate of drug-likeness (QED) is 0.634. The molecule has 0 aliphatic carbocycles. The highest BCUT2D eigenvalue weighted by Gasteiger charge is 2.27. The van der Waals surface area contributed by atoms with Gasteiger partial charge >= 0.3 is 0 Å². The highest BCUT2D eigenvalue weighted by atomic mass is 79.9. The van der Waals surface area contributed by atoms with Crippen molar-refractivity contribution in [3.63, 3.8) is 0 Å². The van der Waals surface area contributed by atoms with E-state index >= 15 is 0 Å². The number of hydrogen-bond acceptors (Lipinski definition) is 4. The minimum absolute atomic E-state index is 0.0888. The zero-order valence-electron chi connectivity index (χ0n) is 14.7. The number of ether oxygens (including phenoxy) is 2. The minimum Gasteiger partial charge on any atom is -0.481 e. The fourth-order valence-corrected chi connectivity index (χ4v) is 3.94. The van der Waals surface area contributed by atoms with Crippen molar-refractivity contribution in [2.45, 2.75) is 6.04 Å². The first-order valence-corrected chi connectivity index (χ1v) is 9.56. The number of morpholine rings is 1. The van der Waals surface area contributed by atoms with Crippen molar-refractivity contribution in [1.29, 1.82) is 0 Å². The van der Waals surface area contributed by atoms with Crippen molar-refractivity contribution in [3.8, 4) is 5.88 Å². The number of rotatable bonds is 4. The van der Waals surface area contributed by atoms with Gasteiger partial charge in [-0.3, -0.25) is 4.90 Å². The molecule has 2 heterocycles. The molecule has 3 aromatic rings. The van der Waals surface area contributed by atoms with Crippen LogP contribution >= 0.6 is 15.9 Å². The Labute approximate surface area is 161 Å². The summed E-state index contributed by atoms with van der Waals surface area (Å²) in [4.78, 5) is 7.22. The summed E-state index contributed by atoms with van der Waals surface area (Å²) < 4.78 is 12.3. The third-order valence-electron chi connectivity index (χ3n) is 4.78. The zero-order chi connectivity index (χ0) is 17.9. The van der Waals surface area contributed by atoms with Gasteiger partial charge in [0.25, 0.3) is 0 Å². The van der Waals surface area contributed by atoms with E-state index in [1.54, 1.807) is 7.11 Å². The summed E-state index contributed by atoms with van der Waals surface area (Å²) in [5, 5.41) is 1.10. The number of nitrogens with zero attached hydrogens (tertiary/aromatic N) is 2. The summed E-state index contributed by atoms with van der Waals surface area (Å²) in [6.45, 7) is 3.27. The number of halogens is 1. The standard InChI is InChI=1S/C21H21BrN2O2/c1-25-21-18(14-16-13-17(22)7-8-19(16)23-21)20(15-5-3-2-4-6-15)24-9-11-26-12-10-24/h2-8,13-14,20H,9-12H2,1H3. The summed E-state index contributed by atoms with van der Waals surface area (Å²) in [5.74, 6) is 0.681. The van der Waals surface area contributed by atoms with Gasteiger partial charge < -0.3 is 9.47 Å². The number of pyridine rings is 1. The Hall–Kier alpha value is -1.95. The first-order valence-electron chi connectivity index (χ1n) is 8.77. The Morgan fingerprint density at radius 1 is 1.08 bits per heavy atom. The van der Waals surface area contributed by atoms with E-state index in [1.165, 1.54) is 5.56 Å². The second kappa shape index (κ2) is 7.74. The summed E-state index contributed by atoms with van der Waals surface area (Å²) >= 11 is 3.57. The summed E-state index contributed by atoms with van der Waals surface area (Å²) in [7, 11) is 1.69. The maximum absolute atomic E-state index is 5.70. The average molecular weight is 413 g/mol. The Morgan fingerprint density at radius 3 is 2.58 bits per heavy atom. The molecule has 134 valence electrons. The van der Waals surface area contributed by atoms with Crippen LogP contribution in [0.15, 0.2) is 59.1 Å². The van der Waals surface area contributed by atoms with Gasteiger partial charge in [0, 0.05) is 28.5 Å². The number of methoxy groups -OCH3 is 1. The lowest BCUT2D eigenvalue weighted by atomic mass is 9.96. The molecule has 0 spiro atoms. The Kier molecular flexibility index (Phi) is 5.20. The number of aromatic nitrogens is 1. The van der Waals surface area contributed by atoms with E-state index in [9.17, 15) is 0 Å².